The lowest BCUT2D eigenvalue weighted by atomic mass is 10.1. The van der Waals surface area contributed by atoms with Gasteiger partial charge in [-0.2, -0.15) is 0 Å². The number of fused-ring (bicyclic) bond motifs is 1. The zero-order valence-corrected chi connectivity index (χ0v) is 14.4. The summed E-state index contributed by atoms with van der Waals surface area (Å²) in [7, 11) is 0. The number of carbonyl (C=O) groups is 1. The van der Waals surface area contributed by atoms with E-state index in [1.165, 1.54) is 0 Å². The smallest absolute Gasteiger partial charge is 0.422 e. The fourth-order valence-corrected chi connectivity index (χ4v) is 3.10. The number of hydrogen-bond donors (Lipinski definition) is 0. The van der Waals surface area contributed by atoms with Crippen molar-refractivity contribution in [2.45, 2.75) is 38.8 Å². The van der Waals surface area contributed by atoms with Crippen molar-refractivity contribution in [3.05, 3.63) is 23.8 Å². The van der Waals surface area contributed by atoms with Gasteiger partial charge in [-0.05, 0) is 44.9 Å². The Morgan fingerprint density at radius 3 is 2.78 bits per heavy atom. The van der Waals surface area contributed by atoms with E-state index in [2.05, 4.69) is 0 Å². The summed E-state index contributed by atoms with van der Waals surface area (Å²) in [6.45, 7) is 7.15. The largest absolute Gasteiger partial charge is 0.486 e. The third kappa shape index (κ3) is 4.03. The second kappa shape index (κ2) is 6.49. The Hall–Kier alpha value is -1.60. The zero-order chi connectivity index (χ0) is 16.4. The molecule has 0 radical (unpaired) electrons. The van der Waals surface area contributed by atoms with Gasteiger partial charge in [0.25, 0.3) is 0 Å². The van der Waals surface area contributed by atoms with E-state index in [1.54, 1.807) is 4.31 Å². The van der Waals surface area contributed by atoms with E-state index in [4.69, 9.17) is 18.4 Å². The van der Waals surface area contributed by atoms with Gasteiger partial charge in [0.15, 0.2) is 11.5 Å². The van der Waals surface area contributed by atoms with Crippen molar-refractivity contribution >= 4 is 18.3 Å². The number of ether oxygens (including phenoxy) is 3. The molecule has 2 aliphatic rings. The van der Waals surface area contributed by atoms with Crippen LogP contribution in [0.3, 0.4) is 0 Å². The summed E-state index contributed by atoms with van der Waals surface area (Å²) in [6, 6.07) is 5.79. The Labute approximate surface area is 140 Å². The number of amides is 1. The topological polar surface area (TPSA) is 57.2 Å². The van der Waals surface area contributed by atoms with E-state index in [0.29, 0.717) is 26.2 Å². The minimum atomic E-state index is -0.526. The molecule has 1 aromatic rings. The summed E-state index contributed by atoms with van der Waals surface area (Å²) in [6.07, 6.45) is 0.297. The van der Waals surface area contributed by atoms with E-state index >= 15 is 0 Å². The SMILES string of the molecule is CC(C)(C)OC(=O)N1SOC[C@@H]1Cc1ccc2c(c1)OCCO2. The van der Waals surface area contributed by atoms with E-state index in [9.17, 15) is 4.79 Å². The van der Waals surface area contributed by atoms with Crippen LogP contribution in [0.4, 0.5) is 4.79 Å². The fraction of sp³-hybridized carbons (Fsp3) is 0.562. The minimum absolute atomic E-state index is 0.0718. The lowest BCUT2D eigenvalue weighted by Gasteiger charge is -2.26. The standard InChI is InChI=1S/C16H21NO5S/c1-16(2,3)22-15(18)17-12(10-21-23-17)8-11-4-5-13-14(9-11)20-7-6-19-13/h4-5,9,12H,6-8,10H2,1-3H3/t12-/m0/s1. The third-order valence-electron chi connectivity index (χ3n) is 3.38. The molecule has 0 spiro atoms. The van der Waals surface area contributed by atoms with Crippen molar-refractivity contribution < 1.29 is 23.2 Å². The molecule has 0 unspecified atom stereocenters. The average molecular weight is 339 g/mol. The van der Waals surface area contributed by atoms with Crippen LogP contribution in [-0.4, -0.2) is 41.9 Å². The van der Waals surface area contributed by atoms with Gasteiger partial charge in [-0.25, -0.2) is 9.10 Å². The van der Waals surface area contributed by atoms with E-state index < -0.39 is 5.60 Å². The Kier molecular flexibility index (Phi) is 4.59. The van der Waals surface area contributed by atoms with Crippen LogP contribution in [0.1, 0.15) is 26.3 Å². The number of rotatable bonds is 2. The molecule has 0 saturated carbocycles. The minimum Gasteiger partial charge on any atom is -0.486 e. The summed E-state index contributed by atoms with van der Waals surface area (Å²) >= 11 is 1.05. The van der Waals surface area contributed by atoms with Crippen molar-refractivity contribution in [2.24, 2.45) is 0 Å². The molecule has 6 nitrogen and oxygen atoms in total. The first-order chi connectivity index (χ1) is 10.9. The molecule has 1 saturated heterocycles. The number of carbonyl (C=O) groups excluding carboxylic acids is 1. The van der Waals surface area contributed by atoms with Crippen LogP contribution >= 0.6 is 12.2 Å². The molecule has 3 rings (SSSR count). The summed E-state index contributed by atoms with van der Waals surface area (Å²) in [5.74, 6) is 1.52. The summed E-state index contributed by atoms with van der Waals surface area (Å²) in [5.41, 5.74) is 0.542. The highest BCUT2D eigenvalue weighted by Crippen LogP contribution is 2.33. The van der Waals surface area contributed by atoms with Gasteiger partial charge >= 0.3 is 6.09 Å². The monoisotopic (exact) mass is 339 g/mol. The van der Waals surface area contributed by atoms with Gasteiger partial charge in [0, 0.05) is 0 Å². The average Bonchev–Trinajstić information content (AvgIpc) is 2.93. The summed E-state index contributed by atoms with van der Waals surface area (Å²) in [5, 5.41) is 0. The Bertz CT molecular complexity index is 586. The molecule has 2 heterocycles. The van der Waals surface area contributed by atoms with Gasteiger partial charge in [-0.15, -0.1) is 0 Å². The molecule has 0 bridgehead atoms. The van der Waals surface area contributed by atoms with Crippen molar-refractivity contribution in [1.82, 2.24) is 4.31 Å². The van der Waals surface area contributed by atoms with Crippen LogP contribution in [0.25, 0.3) is 0 Å². The van der Waals surface area contributed by atoms with Crippen LogP contribution in [0.2, 0.25) is 0 Å². The highest BCUT2D eigenvalue weighted by molar-refractivity contribution is 7.93. The first-order valence-electron chi connectivity index (χ1n) is 7.63. The molecule has 0 aromatic heterocycles. The highest BCUT2D eigenvalue weighted by Gasteiger charge is 2.35. The lowest BCUT2D eigenvalue weighted by Crippen LogP contribution is -2.38. The molecule has 1 amide bonds. The Balaban J connectivity index is 1.68. The molecule has 0 N–H and O–H groups in total. The van der Waals surface area contributed by atoms with E-state index in [0.717, 1.165) is 29.3 Å². The van der Waals surface area contributed by atoms with E-state index in [-0.39, 0.29) is 12.1 Å². The maximum atomic E-state index is 12.3. The molecule has 0 aliphatic carbocycles. The fourth-order valence-electron chi connectivity index (χ4n) is 2.41. The van der Waals surface area contributed by atoms with Crippen molar-refractivity contribution in [1.29, 1.82) is 0 Å². The van der Waals surface area contributed by atoms with Gasteiger partial charge in [-0.1, -0.05) is 6.07 Å². The maximum Gasteiger partial charge on any atom is 0.422 e. The predicted octanol–water partition coefficient (Wildman–Crippen LogP) is 3.20. The molecule has 2 aliphatic heterocycles. The zero-order valence-electron chi connectivity index (χ0n) is 13.5. The molecule has 1 aromatic carbocycles. The first-order valence-corrected chi connectivity index (χ1v) is 8.32. The molecule has 7 heteroatoms. The van der Waals surface area contributed by atoms with Crippen LogP contribution in [0, 0.1) is 0 Å². The van der Waals surface area contributed by atoms with Crippen LogP contribution in [0.5, 0.6) is 11.5 Å². The quantitative estimate of drug-likeness (QED) is 0.609. The van der Waals surface area contributed by atoms with Gasteiger partial charge in [0.2, 0.25) is 0 Å². The molecule has 126 valence electrons. The third-order valence-corrected chi connectivity index (χ3v) is 4.23. The molecule has 23 heavy (non-hydrogen) atoms. The second-order valence-electron chi connectivity index (χ2n) is 6.50. The van der Waals surface area contributed by atoms with Gasteiger partial charge < -0.3 is 14.2 Å². The molecule has 1 atom stereocenters. The molecule has 1 fully saturated rings. The van der Waals surface area contributed by atoms with Crippen LogP contribution in [-0.2, 0) is 15.3 Å². The van der Waals surface area contributed by atoms with Gasteiger partial charge in [0.1, 0.15) is 31.0 Å². The number of nitrogens with zero attached hydrogens (tertiary/aromatic N) is 1. The van der Waals surface area contributed by atoms with E-state index in [1.807, 2.05) is 39.0 Å². The second-order valence-corrected chi connectivity index (χ2v) is 7.28. The van der Waals surface area contributed by atoms with Gasteiger partial charge in [0.05, 0.1) is 12.6 Å². The molecular weight excluding hydrogens is 318 g/mol. The van der Waals surface area contributed by atoms with Crippen LogP contribution < -0.4 is 9.47 Å². The van der Waals surface area contributed by atoms with Crippen molar-refractivity contribution in [2.75, 3.05) is 19.8 Å². The summed E-state index contributed by atoms with van der Waals surface area (Å²) in [4.78, 5) is 12.3. The normalized spacial score (nSPS) is 20.5. The van der Waals surface area contributed by atoms with Crippen LogP contribution in [0.15, 0.2) is 18.2 Å². The van der Waals surface area contributed by atoms with Crippen molar-refractivity contribution in [3.63, 3.8) is 0 Å². The first kappa shape index (κ1) is 16.3. The summed E-state index contributed by atoms with van der Waals surface area (Å²) < 4.78 is 23.5. The maximum absolute atomic E-state index is 12.3. The predicted molar refractivity (Wildman–Crippen MR) is 86.5 cm³/mol. The number of benzene rings is 1. The Morgan fingerprint density at radius 2 is 2.04 bits per heavy atom. The highest BCUT2D eigenvalue weighted by atomic mass is 32.2. The Morgan fingerprint density at radius 1 is 1.30 bits per heavy atom. The molecular formula is C16H21NO5S. The lowest BCUT2D eigenvalue weighted by molar-refractivity contribution is 0.0368. The van der Waals surface area contributed by atoms with Gasteiger partial charge in [-0.3, -0.25) is 4.18 Å². The van der Waals surface area contributed by atoms with Crippen molar-refractivity contribution in [3.8, 4) is 11.5 Å². The number of hydrogen-bond acceptors (Lipinski definition) is 6.